The van der Waals surface area contributed by atoms with Crippen molar-refractivity contribution in [3.8, 4) is 0 Å². The fourth-order valence-corrected chi connectivity index (χ4v) is 2.53. The maximum Gasteiger partial charge on any atom is 0.222 e. The molecule has 1 aliphatic rings. The van der Waals surface area contributed by atoms with Gasteiger partial charge in [0.15, 0.2) is 0 Å². The Kier molecular flexibility index (Phi) is 3.45. The monoisotopic (exact) mass is 247 g/mol. The van der Waals surface area contributed by atoms with Gasteiger partial charge in [0.05, 0.1) is 17.3 Å². The van der Waals surface area contributed by atoms with Crippen LogP contribution in [0.25, 0.3) is 0 Å². The van der Waals surface area contributed by atoms with Gasteiger partial charge in [-0.25, -0.2) is 0 Å². The van der Waals surface area contributed by atoms with Crippen LogP contribution in [0.2, 0.25) is 0 Å². The first-order valence-electron chi connectivity index (χ1n) is 6.40. The highest BCUT2D eigenvalue weighted by Gasteiger charge is 2.25. The van der Waals surface area contributed by atoms with Crippen molar-refractivity contribution in [1.82, 2.24) is 0 Å². The summed E-state index contributed by atoms with van der Waals surface area (Å²) >= 11 is 0. The maximum absolute atomic E-state index is 11.3. The third-order valence-electron chi connectivity index (χ3n) is 3.81. The van der Waals surface area contributed by atoms with E-state index < -0.39 is 0 Å². The number of primary amides is 1. The SMILES string of the molecule is Cc1cc(N)c(N2CCC[C@H](C(N)=O)C2)cc1C. The number of nitrogen functional groups attached to an aromatic ring is 1. The first-order chi connectivity index (χ1) is 8.49. The molecule has 4 nitrogen and oxygen atoms in total. The molecule has 1 fully saturated rings. The first kappa shape index (κ1) is 12.7. The van der Waals surface area contributed by atoms with Crippen molar-refractivity contribution >= 4 is 17.3 Å². The van der Waals surface area contributed by atoms with E-state index in [1.807, 2.05) is 6.07 Å². The van der Waals surface area contributed by atoms with Crippen LogP contribution in [0.1, 0.15) is 24.0 Å². The van der Waals surface area contributed by atoms with Gasteiger partial charge in [0, 0.05) is 13.1 Å². The van der Waals surface area contributed by atoms with Crippen LogP contribution >= 0.6 is 0 Å². The quantitative estimate of drug-likeness (QED) is 0.779. The molecule has 1 aliphatic heterocycles. The number of carbonyl (C=O) groups is 1. The molecular weight excluding hydrogens is 226 g/mol. The van der Waals surface area contributed by atoms with E-state index in [0.717, 1.165) is 30.8 Å². The van der Waals surface area contributed by atoms with E-state index in [0.29, 0.717) is 6.54 Å². The normalized spacial score (nSPS) is 19.9. The number of aryl methyl sites for hydroxylation is 2. The lowest BCUT2D eigenvalue weighted by atomic mass is 9.96. The number of piperidine rings is 1. The molecule has 0 spiro atoms. The first-order valence-corrected chi connectivity index (χ1v) is 6.40. The average molecular weight is 247 g/mol. The summed E-state index contributed by atoms with van der Waals surface area (Å²) < 4.78 is 0. The van der Waals surface area contributed by atoms with Gasteiger partial charge in [-0.3, -0.25) is 4.79 Å². The van der Waals surface area contributed by atoms with Crippen molar-refractivity contribution in [1.29, 1.82) is 0 Å². The van der Waals surface area contributed by atoms with Crippen LogP contribution in [0.4, 0.5) is 11.4 Å². The predicted octanol–water partition coefficient (Wildman–Crippen LogP) is 1.59. The summed E-state index contributed by atoms with van der Waals surface area (Å²) in [5.74, 6) is -0.262. The van der Waals surface area contributed by atoms with Crippen LogP contribution < -0.4 is 16.4 Å². The number of benzene rings is 1. The smallest absolute Gasteiger partial charge is 0.222 e. The molecule has 4 heteroatoms. The summed E-state index contributed by atoms with van der Waals surface area (Å²) in [5, 5.41) is 0. The molecule has 0 radical (unpaired) electrons. The highest BCUT2D eigenvalue weighted by molar-refractivity contribution is 5.78. The molecule has 0 saturated carbocycles. The summed E-state index contributed by atoms with van der Waals surface area (Å²) in [6.45, 7) is 5.75. The molecule has 1 aromatic carbocycles. The molecule has 1 saturated heterocycles. The Morgan fingerprint density at radius 2 is 2.00 bits per heavy atom. The van der Waals surface area contributed by atoms with E-state index >= 15 is 0 Å². The highest BCUT2D eigenvalue weighted by atomic mass is 16.1. The Bertz CT molecular complexity index is 470. The topological polar surface area (TPSA) is 72.3 Å². The van der Waals surface area contributed by atoms with Crippen molar-refractivity contribution in [3.63, 3.8) is 0 Å². The van der Waals surface area contributed by atoms with Gasteiger partial charge in [0.25, 0.3) is 0 Å². The minimum absolute atomic E-state index is 0.0558. The number of hydrogen-bond donors (Lipinski definition) is 2. The Hall–Kier alpha value is -1.71. The largest absolute Gasteiger partial charge is 0.397 e. The second kappa shape index (κ2) is 4.88. The molecule has 1 amide bonds. The molecule has 0 bridgehead atoms. The van der Waals surface area contributed by atoms with Gasteiger partial charge >= 0.3 is 0 Å². The number of nitrogens with two attached hydrogens (primary N) is 2. The Labute approximate surface area is 108 Å². The summed E-state index contributed by atoms with van der Waals surface area (Å²) in [7, 11) is 0. The van der Waals surface area contributed by atoms with Gasteiger partial charge in [-0.05, 0) is 49.9 Å². The number of amides is 1. The molecule has 0 unspecified atom stereocenters. The Balaban J connectivity index is 2.26. The third kappa shape index (κ3) is 2.42. The predicted molar refractivity (Wildman–Crippen MR) is 74.5 cm³/mol. The third-order valence-corrected chi connectivity index (χ3v) is 3.81. The molecule has 0 aliphatic carbocycles. The fourth-order valence-electron chi connectivity index (χ4n) is 2.53. The van der Waals surface area contributed by atoms with Gasteiger partial charge in [0.1, 0.15) is 0 Å². The van der Waals surface area contributed by atoms with Crippen molar-refractivity contribution < 1.29 is 4.79 Å². The molecule has 1 atom stereocenters. The van der Waals surface area contributed by atoms with Gasteiger partial charge in [-0.1, -0.05) is 0 Å². The van der Waals surface area contributed by atoms with Gasteiger partial charge in [-0.2, -0.15) is 0 Å². The molecule has 98 valence electrons. The lowest BCUT2D eigenvalue weighted by Gasteiger charge is -2.34. The van der Waals surface area contributed by atoms with E-state index in [9.17, 15) is 4.79 Å². The van der Waals surface area contributed by atoms with Gasteiger partial charge in [-0.15, -0.1) is 0 Å². The van der Waals surface area contributed by atoms with Crippen LogP contribution in [0.3, 0.4) is 0 Å². The summed E-state index contributed by atoms with van der Waals surface area (Å²) in [4.78, 5) is 13.5. The number of hydrogen-bond acceptors (Lipinski definition) is 3. The highest BCUT2D eigenvalue weighted by Crippen LogP contribution is 2.30. The number of anilines is 2. The molecule has 1 aromatic rings. The Morgan fingerprint density at radius 3 is 2.67 bits per heavy atom. The van der Waals surface area contributed by atoms with Gasteiger partial charge in [0.2, 0.25) is 5.91 Å². The molecule has 0 aromatic heterocycles. The second-order valence-electron chi connectivity index (χ2n) is 5.18. The molecular formula is C14H21N3O. The zero-order chi connectivity index (χ0) is 13.3. The average Bonchev–Trinajstić information content (AvgIpc) is 2.34. The molecule has 18 heavy (non-hydrogen) atoms. The van der Waals surface area contributed by atoms with Crippen LogP contribution in [-0.4, -0.2) is 19.0 Å². The lowest BCUT2D eigenvalue weighted by molar-refractivity contribution is -0.122. The van der Waals surface area contributed by atoms with Gasteiger partial charge < -0.3 is 16.4 Å². The molecule has 2 rings (SSSR count). The molecule has 4 N–H and O–H groups in total. The maximum atomic E-state index is 11.3. The number of rotatable bonds is 2. The summed E-state index contributed by atoms with van der Waals surface area (Å²) in [6.07, 6.45) is 1.87. The minimum Gasteiger partial charge on any atom is -0.397 e. The van der Waals surface area contributed by atoms with Crippen LogP contribution in [0, 0.1) is 19.8 Å². The summed E-state index contributed by atoms with van der Waals surface area (Å²) in [6, 6.07) is 4.10. The summed E-state index contributed by atoms with van der Waals surface area (Å²) in [5.41, 5.74) is 15.7. The lowest BCUT2D eigenvalue weighted by Crippen LogP contribution is -2.41. The zero-order valence-electron chi connectivity index (χ0n) is 11.1. The van der Waals surface area contributed by atoms with E-state index in [-0.39, 0.29) is 11.8 Å². The van der Waals surface area contributed by atoms with E-state index in [1.54, 1.807) is 0 Å². The van der Waals surface area contributed by atoms with Crippen LogP contribution in [-0.2, 0) is 4.79 Å². The van der Waals surface area contributed by atoms with Crippen molar-refractivity contribution in [3.05, 3.63) is 23.3 Å². The second-order valence-corrected chi connectivity index (χ2v) is 5.18. The Morgan fingerprint density at radius 1 is 1.33 bits per heavy atom. The van der Waals surface area contributed by atoms with Crippen LogP contribution in [0.5, 0.6) is 0 Å². The standard InChI is InChI=1S/C14H21N3O/c1-9-6-12(15)13(7-10(9)2)17-5-3-4-11(8-17)14(16)18/h6-7,11H,3-5,8,15H2,1-2H3,(H2,16,18)/t11-/m0/s1. The van der Waals surface area contributed by atoms with E-state index in [2.05, 4.69) is 24.8 Å². The van der Waals surface area contributed by atoms with Crippen molar-refractivity contribution in [2.45, 2.75) is 26.7 Å². The zero-order valence-corrected chi connectivity index (χ0v) is 11.1. The fraction of sp³-hybridized carbons (Fsp3) is 0.500. The van der Waals surface area contributed by atoms with E-state index in [1.165, 1.54) is 11.1 Å². The number of carbonyl (C=O) groups excluding carboxylic acids is 1. The number of nitrogens with zero attached hydrogens (tertiary/aromatic N) is 1. The van der Waals surface area contributed by atoms with Crippen molar-refractivity contribution in [2.75, 3.05) is 23.7 Å². The van der Waals surface area contributed by atoms with Crippen molar-refractivity contribution in [2.24, 2.45) is 11.7 Å². The van der Waals surface area contributed by atoms with E-state index in [4.69, 9.17) is 11.5 Å². The van der Waals surface area contributed by atoms with Crippen LogP contribution in [0.15, 0.2) is 12.1 Å². The molecule has 1 heterocycles. The minimum atomic E-state index is -0.206.